The minimum absolute atomic E-state index is 0.0509. The highest BCUT2D eigenvalue weighted by Gasteiger charge is 2.32. The number of nitrogens with zero attached hydrogens (tertiary/aromatic N) is 2. The summed E-state index contributed by atoms with van der Waals surface area (Å²) in [6, 6.07) is 17.4. The summed E-state index contributed by atoms with van der Waals surface area (Å²) in [5, 5.41) is 2.98. The molecule has 0 aliphatic carbocycles. The van der Waals surface area contributed by atoms with Crippen LogP contribution in [0.5, 0.6) is 5.75 Å². The maximum absolute atomic E-state index is 12.7. The van der Waals surface area contributed by atoms with Crippen LogP contribution < -0.4 is 15.0 Å². The zero-order valence-electron chi connectivity index (χ0n) is 15.9. The number of hydrogen-bond acceptors (Lipinski definition) is 4. The van der Waals surface area contributed by atoms with Gasteiger partial charge in [0.05, 0.1) is 18.3 Å². The van der Waals surface area contributed by atoms with Crippen LogP contribution >= 0.6 is 0 Å². The third-order valence-corrected chi connectivity index (χ3v) is 4.72. The zero-order chi connectivity index (χ0) is 19.4. The first-order valence-electron chi connectivity index (χ1n) is 9.00. The van der Waals surface area contributed by atoms with Gasteiger partial charge in [0.2, 0.25) is 5.91 Å². The quantitative estimate of drug-likeness (QED) is 0.880. The molecule has 0 radical (unpaired) electrons. The summed E-state index contributed by atoms with van der Waals surface area (Å²) in [7, 11) is 3.96. The van der Waals surface area contributed by atoms with Gasteiger partial charge in [-0.15, -0.1) is 0 Å². The van der Waals surface area contributed by atoms with Gasteiger partial charge in [0, 0.05) is 13.5 Å². The van der Waals surface area contributed by atoms with Crippen LogP contribution in [0.3, 0.4) is 0 Å². The summed E-state index contributed by atoms with van der Waals surface area (Å²) in [5.41, 5.74) is 1.83. The van der Waals surface area contributed by atoms with Gasteiger partial charge >= 0.3 is 0 Å². The third kappa shape index (κ3) is 4.28. The standard InChI is InChI=1S/C21H25N3O3/c1-15(25)24-14-20(27-19-12-8-7-11-17(19)24)21(26)22-13-18(23(2)3)16-9-5-4-6-10-16/h4-12,18,20H,13-14H2,1-3H3,(H,22,26)/t18-,20-/m0/s1. The van der Waals surface area contributed by atoms with E-state index >= 15 is 0 Å². The van der Waals surface area contributed by atoms with Crippen molar-refractivity contribution >= 4 is 17.5 Å². The fourth-order valence-electron chi connectivity index (χ4n) is 3.25. The molecule has 2 aromatic carbocycles. The molecule has 1 heterocycles. The zero-order valence-corrected chi connectivity index (χ0v) is 15.9. The van der Waals surface area contributed by atoms with Crippen LogP contribution in [0, 0.1) is 0 Å². The van der Waals surface area contributed by atoms with E-state index < -0.39 is 6.10 Å². The Kier molecular flexibility index (Phi) is 5.76. The lowest BCUT2D eigenvalue weighted by atomic mass is 10.1. The van der Waals surface area contributed by atoms with E-state index in [1.807, 2.05) is 62.6 Å². The summed E-state index contributed by atoms with van der Waals surface area (Å²) in [4.78, 5) is 28.4. The van der Waals surface area contributed by atoms with Crippen LogP contribution in [-0.2, 0) is 9.59 Å². The van der Waals surface area contributed by atoms with Crippen LogP contribution in [0.4, 0.5) is 5.69 Å². The first-order valence-corrected chi connectivity index (χ1v) is 9.00. The number of likely N-dealkylation sites (N-methyl/N-ethyl adjacent to an activating group) is 1. The van der Waals surface area contributed by atoms with Crippen LogP contribution in [0.15, 0.2) is 54.6 Å². The lowest BCUT2D eigenvalue weighted by Crippen LogP contribution is -2.51. The number of fused-ring (bicyclic) bond motifs is 1. The molecule has 0 bridgehead atoms. The Morgan fingerprint density at radius 2 is 1.81 bits per heavy atom. The predicted molar refractivity (Wildman–Crippen MR) is 105 cm³/mol. The number of rotatable bonds is 5. The molecule has 1 aliphatic heterocycles. The van der Waals surface area contributed by atoms with Gasteiger partial charge in [-0.3, -0.25) is 9.59 Å². The molecule has 0 spiro atoms. The van der Waals surface area contributed by atoms with Gasteiger partial charge in [0.25, 0.3) is 5.91 Å². The SMILES string of the molecule is CC(=O)N1C[C@@H](C(=O)NC[C@@H](c2ccccc2)N(C)C)Oc2ccccc21. The Morgan fingerprint density at radius 3 is 2.48 bits per heavy atom. The molecule has 2 aromatic rings. The van der Waals surface area contributed by atoms with Crippen molar-refractivity contribution in [3.63, 3.8) is 0 Å². The molecule has 0 fully saturated rings. The maximum Gasteiger partial charge on any atom is 0.263 e. The lowest BCUT2D eigenvalue weighted by Gasteiger charge is -2.34. The summed E-state index contributed by atoms with van der Waals surface area (Å²) >= 11 is 0. The Morgan fingerprint density at radius 1 is 1.15 bits per heavy atom. The number of hydrogen-bond donors (Lipinski definition) is 1. The predicted octanol–water partition coefficient (Wildman–Crippen LogP) is 2.22. The average molecular weight is 367 g/mol. The Bertz CT molecular complexity index is 807. The van der Waals surface area contributed by atoms with E-state index in [0.717, 1.165) is 5.56 Å². The Labute approximate surface area is 159 Å². The largest absolute Gasteiger partial charge is 0.477 e. The second-order valence-corrected chi connectivity index (χ2v) is 6.84. The number of para-hydroxylation sites is 2. The van der Waals surface area contributed by atoms with Crippen LogP contribution in [0.2, 0.25) is 0 Å². The van der Waals surface area contributed by atoms with E-state index in [-0.39, 0.29) is 24.4 Å². The molecule has 6 heteroatoms. The molecule has 27 heavy (non-hydrogen) atoms. The molecular weight excluding hydrogens is 342 g/mol. The van der Waals surface area contributed by atoms with E-state index in [9.17, 15) is 9.59 Å². The Balaban J connectivity index is 1.70. The Hall–Kier alpha value is -2.86. The molecular formula is C21H25N3O3. The highest BCUT2D eigenvalue weighted by Crippen LogP contribution is 2.33. The molecule has 0 saturated heterocycles. The minimum Gasteiger partial charge on any atom is -0.477 e. The highest BCUT2D eigenvalue weighted by molar-refractivity contribution is 5.95. The van der Waals surface area contributed by atoms with Crippen LogP contribution in [0.25, 0.3) is 0 Å². The van der Waals surface area contributed by atoms with Crippen molar-refractivity contribution in [3.8, 4) is 5.75 Å². The van der Waals surface area contributed by atoms with E-state index in [1.165, 1.54) is 6.92 Å². The van der Waals surface area contributed by atoms with E-state index in [0.29, 0.717) is 18.0 Å². The number of amides is 2. The van der Waals surface area contributed by atoms with Gasteiger partial charge in [-0.2, -0.15) is 0 Å². The van der Waals surface area contributed by atoms with Crippen molar-refractivity contribution in [2.24, 2.45) is 0 Å². The van der Waals surface area contributed by atoms with Gasteiger partial charge in [0.1, 0.15) is 5.75 Å². The third-order valence-electron chi connectivity index (χ3n) is 4.72. The van der Waals surface area contributed by atoms with Gasteiger partial charge < -0.3 is 19.9 Å². The second-order valence-electron chi connectivity index (χ2n) is 6.84. The topological polar surface area (TPSA) is 61.9 Å². The molecule has 142 valence electrons. The number of ether oxygens (including phenoxy) is 1. The fraction of sp³-hybridized carbons (Fsp3) is 0.333. The number of nitrogens with one attached hydrogen (secondary N) is 1. The minimum atomic E-state index is -0.734. The number of carbonyl (C=O) groups excluding carboxylic acids is 2. The number of benzene rings is 2. The molecule has 2 amide bonds. The average Bonchev–Trinajstić information content (AvgIpc) is 2.67. The maximum atomic E-state index is 12.7. The monoisotopic (exact) mass is 367 g/mol. The second kappa shape index (κ2) is 8.22. The molecule has 3 rings (SSSR count). The fourth-order valence-corrected chi connectivity index (χ4v) is 3.25. The van der Waals surface area contributed by atoms with Gasteiger partial charge in [-0.05, 0) is 31.8 Å². The van der Waals surface area contributed by atoms with Crippen LogP contribution in [-0.4, -0.2) is 50.0 Å². The molecule has 1 N–H and O–H groups in total. The van der Waals surface area contributed by atoms with E-state index in [4.69, 9.17) is 4.74 Å². The van der Waals surface area contributed by atoms with Gasteiger partial charge in [0.15, 0.2) is 6.10 Å². The summed E-state index contributed by atoms with van der Waals surface area (Å²) in [5.74, 6) is 0.212. The summed E-state index contributed by atoms with van der Waals surface area (Å²) < 4.78 is 5.85. The normalized spacial score (nSPS) is 17.0. The molecule has 0 aromatic heterocycles. The van der Waals surface area contributed by atoms with Gasteiger partial charge in [-0.1, -0.05) is 42.5 Å². The summed E-state index contributed by atoms with van der Waals surface area (Å²) in [6.07, 6.45) is -0.734. The number of carbonyl (C=O) groups is 2. The molecule has 0 unspecified atom stereocenters. The van der Waals surface area contributed by atoms with Crippen molar-refractivity contribution in [2.75, 3.05) is 32.1 Å². The van der Waals surface area contributed by atoms with Crippen molar-refractivity contribution in [1.29, 1.82) is 0 Å². The van der Waals surface area contributed by atoms with Crippen molar-refractivity contribution in [1.82, 2.24) is 10.2 Å². The highest BCUT2D eigenvalue weighted by atomic mass is 16.5. The summed E-state index contributed by atoms with van der Waals surface area (Å²) in [6.45, 7) is 2.15. The molecule has 6 nitrogen and oxygen atoms in total. The first kappa shape index (κ1) is 18.9. The first-order chi connectivity index (χ1) is 13.0. The lowest BCUT2D eigenvalue weighted by molar-refractivity contribution is -0.128. The smallest absolute Gasteiger partial charge is 0.263 e. The van der Waals surface area contributed by atoms with Crippen molar-refractivity contribution in [3.05, 3.63) is 60.2 Å². The molecule has 2 atom stereocenters. The molecule has 0 saturated carbocycles. The van der Waals surface area contributed by atoms with Crippen LogP contribution in [0.1, 0.15) is 18.5 Å². The van der Waals surface area contributed by atoms with Crippen molar-refractivity contribution < 1.29 is 14.3 Å². The number of anilines is 1. The van der Waals surface area contributed by atoms with Gasteiger partial charge in [-0.25, -0.2) is 0 Å². The van der Waals surface area contributed by atoms with E-state index in [2.05, 4.69) is 10.2 Å². The van der Waals surface area contributed by atoms with E-state index in [1.54, 1.807) is 11.0 Å². The molecule has 1 aliphatic rings. The van der Waals surface area contributed by atoms with Crippen molar-refractivity contribution in [2.45, 2.75) is 19.1 Å².